The Balaban J connectivity index is 1.93. The van der Waals surface area contributed by atoms with Gasteiger partial charge in [0.1, 0.15) is 17.4 Å². The van der Waals surface area contributed by atoms with Gasteiger partial charge in [-0.25, -0.2) is 21.9 Å². The second-order valence-electron chi connectivity index (χ2n) is 6.18. The molecule has 2 rings (SSSR count). The van der Waals surface area contributed by atoms with Gasteiger partial charge in [-0.05, 0) is 42.3 Å². The van der Waals surface area contributed by atoms with Gasteiger partial charge in [-0.15, -0.1) is 0 Å². The van der Waals surface area contributed by atoms with Crippen molar-refractivity contribution >= 4 is 21.6 Å². The van der Waals surface area contributed by atoms with Crippen molar-refractivity contribution in [3.05, 3.63) is 54.1 Å². The molecule has 0 fully saturated rings. The van der Waals surface area contributed by atoms with Crippen LogP contribution in [-0.4, -0.2) is 27.5 Å². The third-order valence-corrected chi connectivity index (χ3v) is 4.83. The third kappa shape index (κ3) is 6.30. The number of carbonyl (C=O) groups excluding carboxylic acids is 1. The van der Waals surface area contributed by atoms with Crippen LogP contribution in [0.1, 0.15) is 13.8 Å². The summed E-state index contributed by atoms with van der Waals surface area (Å²) in [6, 6.07) is 8.20. The maximum atomic E-state index is 13.5. The third-order valence-electron chi connectivity index (χ3n) is 3.39. The van der Waals surface area contributed by atoms with Crippen LogP contribution in [0.3, 0.4) is 0 Å². The zero-order valence-electron chi connectivity index (χ0n) is 14.8. The lowest BCUT2D eigenvalue weighted by atomic mass is 10.2. The summed E-state index contributed by atoms with van der Waals surface area (Å²) in [5.41, 5.74) is -0.290. The molecule has 0 aliphatic rings. The molecule has 27 heavy (non-hydrogen) atoms. The molecule has 146 valence electrons. The van der Waals surface area contributed by atoms with Crippen LogP contribution >= 0.6 is 0 Å². The molecule has 0 aliphatic heterocycles. The molecule has 2 N–H and O–H groups in total. The molecular weight excluding hydrogens is 378 g/mol. The molecule has 0 saturated carbocycles. The van der Waals surface area contributed by atoms with E-state index in [1.165, 1.54) is 24.3 Å². The SMILES string of the molecule is CC(C)CNS(=O)(=O)c1ccc(OCC(=O)Nc2cc(F)ccc2F)cc1. The Morgan fingerprint density at radius 1 is 1.11 bits per heavy atom. The van der Waals surface area contributed by atoms with Crippen molar-refractivity contribution in [3.63, 3.8) is 0 Å². The van der Waals surface area contributed by atoms with Gasteiger partial charge in [-0.3, -0.25) is 4.79 Å². The van der Waals surface area contributed by atoms with E-state index in [1.54, 1.807) is 0 Å². The van der Waals surface area contributed by atoms with Gasteiger partial charge in [-0.1, -0.05) is 13.8 Å². The molecule has 0 aromatic heterocycles. The Bertz CT molecular complexity index is 900. The van der Waals surface area contributed by atoms with Crippen LogP contribution in [0.25, 0.3) is 0 Å². The number of hydrogen-bond acceptors (Lipinski definition) is 4. The van der Waals surface area contributed by atoms with Crippen LogP contribution in [0.5, 0.6) is 5.75 Å². The van der Waals surface area contributed by atoms with Gasteiger partial charge in [0.2, 0.25) is 10.0 Å². The standard InChI is InChI=1S/C18H20F2N2O4S/c1-12(2)10-21-27(24,25)15-6-4-14(5-7-15)26-11-18(23)22-17-9-13(19)3-8-16(17)20/h3-9,12,21H,10-11H2,1-2H3,(H,22,23). The molecule has 0 unspecified atom stereocenters. The van der Waals surface area contributed by atoms with Crippen molar-refractivity contribution in [2.75, 3.05) is 18.5 Å². The van der Waals surface area contributed by atoms with Crippen LogP contribution in [0.2, 0.25) is 0 Å². The van der Waals surface area contributed by atoms with Gasteiger partial charge in [-0.2, -0.15) is 0 Å². The number of amides is 1. The molecule has 0 heterocycles. The first-order chi connectivity index (χ1) is 12.7. The van der Waals surface area contributed by atoms with Gasteiger partial charge in [0, 0.05) is 12.6 Å². The molecule has 9 heteroatoms. The fourth-order valence-corrected chi connectivity index (χ4v) is 3.22. The van der Waals surface area contributed by atoms with E-state index in [0.29, 0.717) is 6.54 Å². The first kappa shape index (κ1) is 20.8. The lowest BCUT2D eigenvalue weighted by Crippen LogP contribution is -2.27. The Morgan fingerprint density at radius 3 is 2.41 bits per heavy atom. The van der Waals surface area contributed by atoms with Gasteiger partial charge >= 0.3 is 0 Å². The molecule has 0 radical (unpaired) electrons. The van der Waals surface area contributed by atoms with Crippen LogP contribution in [0.4, 0.5) is 14.5 Å². The second-order valence-corrected chi connectivity index (χ2v) is 7.95. The number of hydrogen-bond donors (Lipinski definition) is 2. The Hall–Kier alpha value is -2.52. The molecular formula is C18H20F2N2O4S. The molecule has 0 aliphatic carbocycles. The first-order valence-corrected chi connectivity index (χ1v) is 9.63. The highest BCUT2D eigenvalue weighted by molar-refractivity contribution is 7.89. The molecule has 6 nitrogen and oxygen atoms in total. The van der Waals surface area contributed by atoms with E-state index in [4.69, 9.17) is 4.74 Å². The molecule has 2 aromatic carbocycles. The largest absolute Gasteiger partial charge is 0.484 e. The first-order valence-electron chi connectivity index (χ1n) is 8.15. The smallest absolute Gasteiger partial charge is 0.262 e. The molecule has 0 bridgehead atoms. The van der Waals surface area contributed by atoms with Crippen LogP contribution in [0, 0.1) is 17.6 Å². The number of benzene rings is 2. The zero-order valence-corrected chi connectivity index (χ0v) is 15.6. The van der Waals surface area contributed by atoms with E-state index in [0.717, 1.165) is 18.2 Å². The summed E-state index contributed by atoms with van der Waals surface area (Å²) < 4.78 is 58.5. The van der Waals surface area contributed by atoms with Gasteiger partial charge in [0.15, 0.2) is 6.61 Å². The van der Waals surface area contributed by atoms with Gasteiger partial charge < -0.3 is 10.1 Å². The summed E-state index contributed by atoms with van der Waals surface area (Å²) in [4.78, 5) is 11.9. The van der Waals surface area contributed by atoms with Gasteiger partial charge in [0.05, 0.1) is 10.6 Å². The summed E-state index contributed by atoms with van der Waals surface area (Å²) in [7, 11) is -3.61. The minimum Gasteiger partial charge on any atom is -0.484 e. The van der Waals surface area contributed by atoms with Crippen molar-refractivity contribution in [1.82, 2.24) is 4.72 Å². The highest BCUT2D eigenvalue weighted by Gasteiger charge is 2.14. The summed E-state index contributed by atoms with van der Waals surface area (Å²) in [6.07, 6.45) is 0. The number of nitrogens with one attached hydrogen (secondary N) is 2. The minimum atomic E-state index is -3.61. The Labute approximate surface area is 156 Å². The second kappa shape index (κ2) is 8.92. The lowest BCUT2D eigenvalue weighted by molar-refractivity contribution is -0.118. The molecule has 1 amide bonds. The quantitative estimate of drug-likeness (QED) is 0.716. The van der Waals surface area contributed by atoms with Crippen LogP contribution < -0.4 is 14.8 Å². The Morgan fingerprint density at radius 2 is 1.78 bits per heavy atom. The summed E-state index contributed by atoms with van der Waals surface area (Å²) in [5.74, 6) is -1.71. The topological polar surface area (TPSA) is 84.5 Å². The normalized spacial score (nSPS) is 11.4. The highest BCUT2D eigenvalue weighted by atomic mass is 32.2. The number of sulfonamides is 1. The number of halogens is 2. The predicted octanol–water partition coefficient (Wildman–Crippen LogP) is 2.92. The average molecular weight is 398 g/mol. The van der Waals surface area contributed by atoms with E-state index >= 15 is 0 Å². The number of rotatable bonds is 8. The van der Waals surface area contributed by atoms with Crippen molar-refractivity contribution in [1.29, 1.82) is 0 Å². The van der Waals surface area contributed by atoms with E-state index in [1.807, 2.05) is 13.8 Å². The van der Waals surface area contributed by atoms with E-state index in [2.05, 4.69) is 10.0 Å². The highest BCUT2D eigenvalue weighted by Crippen LogP contribution is 2.17. The number of carbonyl (C=O) groups is 1. The average Bonchev–Trinajstić information content (AvgIpc) is 2.62. The lowest BCUT2D eigenvalue weighted by Gasteiger charge is -2.10. The van der Waals surface area contributed by atoms with Crippen molar-refractivity contribution in [3.8, 4) is 5.75 Å². The van der Waals surface area contributed by atoms with Crippen molar-refractivity contribution in [2.45, 2.75) is 18.7 Å². The molecule has 2 aromatic rings. The number of anilines is 1. The molecule has 0 saturated heterocycles. The maximum absolute atomic E-state index is 13.5. The predicted molar refractivity (Wildman–Crippen MR) is 97.0 cm³/mol. The fourth-order valence-electron chi connectivity index (χ4n) is 2.00. The van der Waals surface area contributed by atoms with Crippen LogP contribution in [0.15, 0.2) is 47.4 Å². The fraction of sp³-hybridized carbons (Fsp3) is 0.278. The Kier molecular flexibility index (Phi) is 6.86. The summed E-state index contributed by atoms with van der Waals surface area (Å²) >= 11 is 0. The number of ether oxygens (including phenoxy) is 1. The van der Waals surface area contributed by atoms with Crippen molar-refractivity contribution in [2.24, 2.45) is 5.92 Å². The van der Waals surface area contributed by atoms with Crippen LogP contribution in [-0.2, 0) is 14.8 Å². The molecule has 0 atom stereocenters. The minimum absolute atomic E-state index is 0.0711. The van der Waals surface area contributed by atoms with E-state index in [-0.39, 0.29) is 22.3 Å². The summed E-state index contributed by atoms with van der Waals surface area (Å²) in [6.45, 7) is 3.64. The maximum Gasteiger partial charge on any atom is 0.262 e. The van der Waals surface area contributed by atoms with Crippen molar-refractivity contribution < 1.29 is 26.7 Å². The van der Waals surface area contributed by atoms with E-state index in [9.17, 15) is 22.0 Å². The van der Waals surface area contributed by atoms with Gasteiger partial charge in [0.25, 0.3) is 5.91 Å². The zero-order chi connectivity index (χ0) is 20.0. The van der Waals surface area contributed by atoms with E-state index < -0.39 is 34.2 Å². The molecule has 0 spiro atoms. The summed E-state index contributed by atoms with van der Waals surface area (Å²) in [5, 5.41) is 2.20. The monoisotopic (exact) mass is 398 g/mol.